The molecular formula is C29H42N2O4. The van der Waals surface area contributed by atoms with Crippen molar-refractivity contribution in [2.75, 3.05) is 52.5 Å². The summed E-state index contributed by atoms with van der Waals surface area (Å²) in [6.45, 7) is 11.0. The first-order valence-corrected chi connectivity index (χ1v) is 13.3. The van der Waals surface area contributed by atoms with Gasteiger partial charge in [0.05, 0.1) is 25.4 Å². The highest BCUT2D eigenvalue weighted by Gasteiger charge is 2.21. The van der Waals surface area contributed by atoms with Gasteiger partial charge in [-0.25, -0.2) is 0 Å². The summed E-state index contributed by atoms with van der Waals surface area (Å²) in [6, 6.07) is 12.7. The van der Waals surface area contributed by atoms with Gasteiger partial charge in [-0.15, -0.1) is 0 Å². The summed E-state index contributed by atoms with van der Waals surface area (Å²) in [4.78, 5) is 4.64. The lowest BCUT2D eigenvalue weighted by Gasteiger charge is -2.20. The number of ether oxygens (including phenoxy) is 2. The molecule has 2 heterocycles. The maximum atomic E-state index is 9.73. The molecule has 2 atom stereocenters. The largest absolute Gasteiger partial charge is 0.490 e. The molecule has 4 rings (SSSR count). The highest BCUT2D eigenvalue weighted by molar-refractivity contribution is 5.74. The SMILES string of the molecule is Cc1ccccc1-c1ccc(OCCCN2CC[C@@H](O)C2)c(OCCCCN2CC[C@@H](O)C2)c1C. The van der Waals surface area contributed by atoms with Gasteiger partial charge in [-0.05, 0) is 75.3 Å². The van der Waals surface area contributed by atoms with Crippen LogP contribution in [-0.4, -0.2) is 84.7 Å². The van der Waals surface area contributed by atoms with Crippen molar-refractivity contribution in [2.45, 2.75) is 58.2 Å². The molecule has 0 spiro atoms. The third-order valence-electron chi connectivity index (χ3n) is 7.29. The zero-order valence-corrected chi connectivity index (χ0v) is 21.4. The van der Waals surface area contributed by atoms with Crippen molar-refractivity contribution in [3.63, 3.8) is 0 Å². The Kier molecular flexibility index (Phi) is 9.44. The molecule has 0 aromatic heterocycles. The molecule has 192 valence electrons. The van der Waals surface area contributed by atoms with Crippen molar-refractivity contribution in [2.24, 2.45) is 0 Å². The van der Waals surface area contributed by atoms with Crippen LogP contribution in [0.15, 0.2) is 36.4 Å². The van der Waals surface area contributed by atoms with E-state index in [1.807, 2.05) is 0 Å². The van der Waals surface area contributed by atoms with Gasteiger partial charge in [-0.2, -0.15) is 0 Å². The fourth-order valence-corrected chi connectivity index (χ4v) is 5.24. The number of rotatable bonds is 12. The first-order valence-electron chi connectivity index (χ1n) is 13.3. The van der Waals surface area contributed by atoms with E-state index in [-0.39, 0.29) is 12.2 Å². The molecular weight excluding hydrogens is 440 g/mol. The van der Waals surface area contributed by atoms with Gasteiger partial charge >= 0.3 is 0 Å². The number of likely N-dealkylation sites (tertiary alicyclic amines) is 2. The molecule has 0 aliphatic carbocycles. The van der Waals surface area contributed by atoms with E-state index in [0.717, 1.165) is 88.4 Å². The quantitative estimate of drug-likeness (QED) is 0.446. The number of aliphatic hydroxyl groups excluding tert-OH is 2. The van der Waals surface area contributed by atoms with E-state index >= 15 is 0 Å². The van der Waals surface area contributed by atoms with Crippen molar-refractivity contribution in [1.29, 1.82) is 0 Å². The lowest BCUT2D eigenvalue weighted by Crippen LogP contribution is -2.24. The molecule has 35 heavy (non-hydrogen) atoms. The van der Waals surface area contributed by atoms with E-state index in [2.05, 4.69) is 60.0 Å². The van der Waals surface area contributed by atoms with E-state index in [1.165, 1.54) is 16.7 Å². The molecule has 2 aliphatic heterocycles. The van der Waals surface area contributed by atoms with Crippen LogP contribution < -0.4 is 9.47 Å². The lowest BCUT2D eigenvalue weighted by molar-refractivity contribution is 0.172. The summed E-state index contributed by atoms with van der Waals surface area (Å²) in [6.07, 6.45) is 4.37. The van der Waals surface area contributed by atoms with E-state index in [1.54, 1.807) is 0 Å². The predicted octanol–water partition coefficient (Wildman–Crippen LogP) is 4.03. The van der Waals surface area contributed by atoms with Gasteiger partial charge in [-0.1, -0.05) is 30.3 Å². The van der Waals surface area contributed by atoms with Gasteiger partial charge < -0.3 is 29.5 Å². The molecule has 2 saturated heterocycles. The van der Waals surface area contributed by atoms with Crippen LogP contribution in [-0.2, 0) is 0 Å². The third kappa shape index (κ3) is 7.20. The van der Waals surface area contributed by atoms with Gasteiger partial charge in [0.1, 0.15) is 0 Å². The van der Waals surface area contributed by atoms with Gasteiger partial charge in [-0.3, -0.25) is 0 Å². The van der Waals surface area contributed by atoms with E-state index in [9.17, 15) is 10.2 Å². The topological polar surface area (TPSA) is 65.4 Å². The Morgan fingerprint density at radius 1 is 0.771 bits per heavy atom. The second-order valence-electron chi connectivity index (χ2n) is 10.1. The second-order valence-corrected chi connectivity index (χ2v) is 10.1. The molecule has 6 heteroatoms. The fourth-order valence-electron chi connectivity index (χ4n) is 5.24. The van der Waals surface area contributed by atoms with Crippen LogP contribution in [0.3, 0.4) is 0 Å². The smallest absolute Gasteiger partial charge is 0.164 e. The van der Waals surface area contributed by atoms with E-state index < -0.39 is 0 Å². The number of unbranched alkanes of at least 4 members (excludes halogenated alkanes) is 1. The molecule has 2 fully saturated rings. The van der Waals surface area contributed by atoms with Gasteiger partial charge in [0.2, 0.25) is 0 Å². The average molecular weight is 483 g/mol. The van der Waals surface area contributed by atoms with E-state index in [4.69, 9.17) is 9.47 Å². The molecule has 2 aliphatic rings. The molecule has 0 radical (unpaired) electrons. The number of aliphatic hydroxyl groups is 2. The molecule has 0 unspecified atom stereocenters. The maximum absolute atomic E-state index is 9.73. The fraction of sp³-hybridized carbons (Fsp3) is 0.586. The number of β-amino-alcohol motifs (C(OH)–C–C–N with tert-alkyl or cyclic N) is 2. The van der Waals surface area contributed by atoms with Crippen LogP contribution in [0.25, 0.3) is 11.1 Å². The number of hydrogen-bond donors (Lipinski definition) is 2. The average Bonchev–Trinajstić information content (AvgIpc) is 3.46. The summed E-state index contributed by atoms with van der Waals surface area (Å²) in [7, 11) is 0. The second kappa shape index (κ2) is 12.7. The van der Waals surface area contributed by atoms with Crippen molar-refractivity contribution < 1.29 is 19.7 Å². The monoisotopic (exact) mass is 482 g/mol. The Labute approximate surface area is 210 Å². The molecule has 0 bridgehead atoms. The summed E-state index contributed by atoms with van der Waals surface area (Å²) >= 11 is 0. The van der Waals surface area contributed by atoms with Crippen molar-refractivity contribution in [1.82, 2.24) is 9.80 Å². The van der Waals surface area contributed by atoms with Crippen molar-refractivity contribution >= 4 is 0 Å². The Hall–Kier alpha value is -2.12. The molecule has 2 aromatic rings. The van der Waals surface area contributed by atoms with E-state index in [0.29, 0.717) is 13.2 Å². The van der Waals surface area contributed by atoms with Crippen LogP contribution in [0.4, 0.5) is 0 Å². The predicted molar refractivity (Wildman–Crippen MR) is 140 cm³/mol. The highest BCUT2D eigenvalue weighted by Crippen LogP contribution is 2.39. The first kappa shape index (κ1) is 26.0. The molecule has 6 nitrogen and oxygen atoms in total. The van der Waals surface area contributed by atoms with Crippen LogP contribution in [0, 0.1) is 13.8 Å². The summed E-state index contributed by atoms with van der Waals surface area (Å²) in [5.41, 5.74) is 4.77. The van der Waals surface area contributed by atoms with Crippen molar-refractivity contribution in [3.05, 3.63) is 47.5 Å². The lowest BCUT2D eigenvalue weighted by atomic mass is 9.96. The number of hydrogen-bond acceptors (Lipinski definition) is 6. The summed E-state index contributed by atoms with van der Waals surface area (Å²) < 4.78 is 12.6. The maximum Gasteiger partial charge on any atom is 0.164 e. The van der Waals surface area contributed by atoms with Gasteiger partial charge in [0, 0.05) is 38.3 Å². The summed E-state index contributed by atoms with van der Waals surface area (Å²) in [5, 5.41) is 19.5. The third-order valence-corrected chi connectivity index (χ3v) is 7.29. The zero-order chi connectivity index (χ0) is 24.6. The van der Waals surface area contributed by atoms with Crippen LogP contribution in [0.2, 0.25) is 0 Å². The molecule has 0 amide bonds. The molecule has 2 N–H and O–H groups in total. The van der Waals surface area contributed by atoms with Crippen LogP contribution in [0.5, 0.6) is 11.5 Å². The minimum atomic E-state index is -0.178. The van der Waals surface area contributed by atoms with Gasteiger partial charge in [0.25, 0.3) is 0 Å². The summed E-state index contributed by atoms with van der Waals surface area (Å²) in [5.74, 6) is 1.66. The van der Waals surface area contributed by atoms with Crippen molar-refractivity contribution in [3.8, 4) is 22.6 Å². The molecule has 0 saturated carbocycles. The minimum absolute atomic E-state index is 0.159. The minimum Gasteiger partial charge on any atom is -0.490 e. The number of benzene rings is 2. The first-order chi connectivity index (χ1) is 17.0. The van der Waals surface area contributed by atoms with Crippen LogP contribution >= 0.6 is 0 Å². The standard InChI is InChI=1S/C29H42N2O4/c1-22-8-3-4-9-26(22)27-10-11-28(34-19-7-15-31-17-13-25(33)21-31)29(23(27)2)35-18-6-5-14-30-16-12-24(32)20-30/h3-4,8-11,24-25,32-33H,5-7,12-21H2,1-2H3/t24-,25-/m1/s1. The number of aryl methyl sites for hydroxylation is 1. The Morgan fingerprint density at radius 2 is 1.43 bits per heavy atom. The zero-order valence-electron chi connectivity index (χ0n) is 21.4. The normalized spacial score (nSPS) is 21.0. The number of nitrogens with zero attached hydrogens (tertiary/aromatic N) is 2. The highest BCUT2D eigenvalue weighted by atomic mass is 16.5. The Morgan fingerprint density at radius 3 is 2.09 bits per heavy atom. The Balaban J connectivity index is 1.37. The van der Waals surface area contributed by atoms with Gasteiger partial charge in [0.15, 0.2) is 11.5 Å². The molecule has 2 aromatic carbocycles. The Bertz CT molecular complexity index is 950. The van der Waals surface area contributed by atoms with Crippen LogP contribution in [0.1, 0.15) is 43.2 Å².